The number of halogens is 2. The second kappa shape index (κ2) is 13.3. The van der Waals surface area contributed by atoms with Crippen molar-refractivity contribution in [1.29, 1.82) is 0 Å². The molecule has 0 atom stereocenters. The number of thiazole rings is 1. The number of methoxy groups -OCH3 is 1. The first-order chi connectivity index (χ1) is 19.9. The summed E-state index contributed by atoms with van der Waals surface area (Å²) in [5, 5.41) is 3.58. The zero-order valence-corrected chi connectivity index (χ0v) is 25.4. The number of pyridine rings is 1. The summed E-state index contributed by atoms with van der Waals surface area (Å²) in [5.74, 6) is -2.59. The van der Waals surface area contributed by atoms with Crippen LogP contribution in [0.15, 0.2) is 51.5 Å². The average molecular weight is 625 g/mol. The van der Waals surface area contributed by atoms with Crippen LogP contribution in [-0.4, -0.2) is 80.6 Å². The molecule has 15 heteroatoms. The number of piperidine rings is 1. The number of nitrogens with one attached hydrogen (secondary N) is 2. The van der Waals surface area contributed by atoms with Gasteiger partial charge in [0, 0.05) is 70.2 Å². The zero-order valence-electron chi connectivity index (χ0n) is 23.8. The molecule has 0 bridgehead atoms. The van der Waals surface area contributed by atoms with Crippen LogP contribution in [-0.2, 0) is 14.8 Å². The van der Waals surface area contributed by atoms with E-state index in [1.807, 2.05) is 4.90 Å². The van der Waals surface area contributed by atoms with Crippen LogP contribution in [0.3, 0.4) is 0 Å². The summed E-state index contributed by atoms with van der Waals surface area (Å²) in [4.78, 5) is 23.7. The molecule has 228 valence electrons. The molecular weight excluding hydrogens is 590 g/mol. The molecule has 1 fully saturated rings. The minimum atomic E-state index is -3.92. The first kappa shape index (κ1) is 31.5. The fourth-order valence-corrected chi connectivity index (χ4v) is 7.07. The Bertz CT molecular complexity index is 1640. The molecule has 4 rings (SSSR count). The van der Waals surface area contributed by atoms with E-state index in [4.69, 9.17) is 9.47 Å². The Kier molecular flexibility index (Phi) is 9.97. The molecule has 1 saturated heterocycles. The van der Waals surface area contributed by atoms with Crippen molar-refractivity contribution in [2.75, 3.05) is 47.0 Å². The minimum Gasteiger partial charge on any atom is -0.485 e. The van der Waals surface area contributed by atoms with Crippen LogP contribution in [0.1, 0.15) is 29.1 Å². The summed E-state index contributed by atoms with van der Waals surface area (Å²) in [6.45, 7) is 4.46. The van der Waals surface area contributed by atoms with Gasteiger partial charge >= 0.3 is 0 Å². The Hall–Kier alpha value is -3.40. The Morgan fingerprint density at radius 2 is 1.98 bits per heavy atom. The summed E-state index contributed by atoms with van der Waals surface area (Å²) < 4.78 is 68.1. The molecule has 2 N–H and O–H groups in total. The average Bonchev–Trinajstić information content (AvgIpc) is 3.29. The first-order valence-corrected chi connectivity index (χ1v) is 15.5. The van der Waals surface area contributed by atoms with Crippen LogP contribution in [0.5, 0.6) is 5.75 Å². The topological polar surface area (TPSA) is 127 Å². The van der Waals surface area contributed by atoms with E-state index in [0.29, 0.717) is 34.0 Å². The highest BCUT2D eigenvalue weighted by Crippen LogP contribution is 2.27. The second-order valence-corrected chi connectivity index (χ2v) is 12.9. The predicted molar refractivity (Wildman–Crippen MR) is 156 cm³/mol. The van der Waals surface area contributed by atoms with Crippen LogP contribution < -0.4 is 20.3 Å². The van der Waals surface area contributed by atoms with Gasteiger partial charge in [0.25, 0.3) is 21.5 Å². The molecule has 0 unspecified atom stereocenters. The highest BCUT2D eigenvalue weighted by Gasteiger charge is 2.33. The summed E-state index contributed by atoms with van der Waals surface area (Å²) in [6.07, 6.45) is 5.83. The van der Waals surface area contributed by atoms with E-state index in [1.54, 1.807) is 51.5 Å². The standard InChI is InChI=1S/C27H34F2N6O5S2/c1-18-26(41-19(2)32-18)42(37,38)33-22(17-39-4)13-21(14-30-3)20-5-6-24-31-15-23(25(36)35(24)16-20)40-12-11-34-9-7-27(28,29)8-10-34/h5-6,13-16,30,33H,7-12,17H2,1-4H3/b21-14+,22-13+. The lowest BCUT2D eigenvalue weighted by Crippen LogP contribution is -2.41. The number of hydrogen-bond acceptors (Lipinski definition) is 10. The fourth-order valence-electron chi connectivity index (χ4n) is 4.51. The smallest absolute Gasteiger partial charge is 0.300 e. The molecule has 0 spiro atoms. The van der Waals surface area contributed by atoms with Gasteiger partial charge in [-0.15, -0.1) is 11.3 Å². The molecule has 1 aliphatic rings. The van der Waals surface area contributed by atoms with Crippen LogP contribution in [0, 0.1) is 13.8 Å². The van der Waals surface area contributed by atoms with Crippen LogP contribution in [0.4, 0.5) is 8.78 Å². The van der Waals surface area contributed by atoms with Crippen molar-refractivity contribution in [3.05, 3.63) is 69.1 Å². The van der Waals surface area contributed by atoms with Gasteiger partial charge in [-0.3, -0.25) is 18.8 Å². The van der Waals surface area contributed by atoms with Gasteiger partial charge in [-0.1, -0.05) is 0 Å². The number of allylic oxidation sites excluding steroid dienone is 2. The van der Waals surface area contributed by atoms with Crippen molar-refractivity contribution in [3.8, 4) is 5.75 Å². The number of sulfonamides is 1. The molecule has 0 radical (unpaired) electrons. The zero-order chi connectivity index (χ0) is 30.5. The van der Waals surface area contributed by atoms with Gasteiger partial charge in [-0.25, -0.2) is 27.2 Å². The van der Waals surface area contributed by atoms with Crippen molar-refractivity contribution >= 4 is 32.6 Å². The largest absolute Gasteiger partial charge is 0.485 e. The van der Waals surface area contributed by atoms with E-state index < -0.39 is 21.5 Å². The van der Waals surface area contributed by atoms with Crippen LogP contribution in [0.25, 0.3) is 11.2 Å². The van der Waals surface area contributed by atoms with Gasteiger partial charge in [0.1, 0.15) is 12.3 Å². The molecule has 0 aliphatic carbocycles. The van der Waals surface area contributed by atoms with Crippen molar-refractivity contribution in [2.45, 2.75) is 36.8 Å². The predicted octanol–water partition coefficient (Wildman–Crippen LogP) is 2.95. The number of aryl methyl sites for hydroxylation is 2. The summed E-state index contributed by atoms with van der Waals surface area (Å²) in [6, 6.07) is 3.42. The van der Waals surface area contributed by atoms with E-state index >= 15 is 0 Å². The fraction of sp³-hybridized carbons (Fsp3) is 0.444. The normalized spacial score (nSPS) is 16.5. The molecule has 42 heavy (non-hydrogen) atoms. The first-order valence-electron chi connectivity index (χ1n) is 13.2. The number of nitrogens with zero attached hydrogens (tertiary/aromatic N) is 4. The number of likely N-dealkylation sites (tertiary alicyclic amines) is 1. The Balaban J connectivity index is 1.57. The highest BCUT2D eigenvalue weighted by molar-refractivity contribution is 7.91. The van der Waals surface area contributed by atoms with E-state index in [0.717, 1.165) is 11.3 Å². The molecule has 11 nitrogen and oxygen atoms in total. The molecule has 0 saturated carbocycles. The van der Waals surface area contributed by atoms with Gasteiger partial charge in [0.15, 0.2) is 4.21 Å². The number of alkyl halides is 2. The quantitative estimate of drug-likeness (QED) is 0.293. The van der Waals surface area contributed by atoms with E-state index in [9.17, 15) is 22.0 Å². The number of ether oxygens (including phenoxy) is 2. The van der Waals surface area contributed by atoms with Crippen LogP contribution in [0.2, 0.25) is 0 Å². The van der Waals surface area contributed by atoms with Gasteiger partial charge < -0.3 is 14.8 Å². The maximum Gasteiger partial charge on any atom is 0.300 e. The maximum atomic E-state index is 13.4. The third-order valence-corrected chi connectivity index (χ3v) is 9.65. The molecule has 0 amide bonds. The molecule has 4 heterocycles. The van der Waals surface area contributed by atoms with Crippen molar-refractivity contribution < 1.29 is 26.7 Å². The summed E-state index contributed by atoms with van der Waals surface area (Å²) in [5.41, 5.74) is 1.77. The highest BCUT2D eigenvalue weighted by atomic mass is 32.2. The summed E-state index contributed by atoms with van der Waals surface area (Å²) in [7, 11) is -0.767. The lowest BCUT2D eigenvalue weighted by molar-refractivity contribution is -0.0564. The Morgan fingerprint density at radius 3 is 2.62 bits per heavy atom. The number of fused-ring (bicyclic) bond motifs is 1. The van der Waals surface area contributed by atoms with E-state index in [-0.39, 0.29) is 54.8 Å². The molecule has 3 aromatic heterocycles. The second-order valence-electron chi connectivity index (χ2n) is 9.82. The van der Waals surface area contributed by atoms with E-state index in [2.05, 4.69) is 20.0 Å². The molecule has 3 aromatic rings. The van der Waals surface area contributed by atoms with Crippen LogP contribution >= 0.6 is 11.3 Å². The van der Waals surface area contributed by atoms with Crippen molar-refractivity contribution in [1.82, 2.24) is 29.3 Å². The van der Waals surface area contributed by atoms with Gasteiger partial charge in [0.05, 0.1) is 29.2 Å². The Labute approximate surface area is 246 Å². The number of hydrogen-bond donors (Lipinski definition) is 2. The molecule has 0 aromatic carbocycles. The van der Waals surface area contributed by atoms with Crippen molar-refractivity contribution in [2.24, 2.45) is 0 Å². The molecular formula is C27H34F2N6O5S2. The van der Waals surface area contributed by atoms with E-state index in [1.165, 1.54) is 17.7 Å². The lowest BCUT2D eigenvalue weighted by Gasteiger charge is -2.31. The van der Waals surface area contributed by atoms with Gasteiger partial charge in [0.2, 0.25) is 5.75 Å². The number of aromatic nitrogens is 3. The van der Waals surface area contributed by atoms with Gasteiger partial charge in [-0.05, 0) is 32.1 Å². The lowest BCUT2D eigenvalue weighted by atomic mass is 10.1. The van der Waals surface area contributed by atoms with Crippen molar-refractivity contribution in [3.63, 3.8) is 0 Å². The number of rotatable bonds is 12. The maximum absolute atomic E-state index is 13.4. The monoisotopic (exact) mass is 624 g/mol. The third kappa shape index (κ3) is 7.70. The van der Waals surface area contributed by atoms with Gasteiger partial charge in [-0.2, -0.15) is 0 Å². The Morgan fingerprint density at radius 1 is 1.24 bits per heavy atom. The molecule has 1 aliphatic heterocycles. The SMILES string of the molecule is CN/C=C(\C=C(/COC)NS(=O)(=O)c1sc(C)nc1C)c1ccc2ncc(OCCN3CCC(F)(F)CC3)c(=O)n2c1. The minimum absolute atomic E-state index is 0.0289. The third-order valence-electron chi connectivity index (χ3n) is 6.56. The summed E-state index contributed by atoms with van der Waals surface area (Å²) >= 11 is 1.08.